The number of nitro benzene ring substituents is 1. The van der Waals surface area contributed by atoms with E-state index in [0.717, 1.165) is 50.1 Å². The Labute approximate surface area is 119 Å². The second-order valence-electron chi connectivity index (χ2n) is 4.62. The molecule has 20 heavy (non-hydrogen) atoms. The van der Waals surface area contributed by atoms with Crippen LogP contribution in [-0.4, -0.2) is 29.7 Å². The van der Waals surface area contributed by atoms with Gasteiger partial charge >= 0.3 is 0 Å². The summed E-state index contributed by atoms with van der Waals surface area (Å²) in [5, 5.41) is 25.9. The number of aliphatic hydroxyl groups excluding tert-OH is 1. The quantitative estimate of drug-likeness (QED) is 0.348. The molecule has 0 unspecified atom stereocenters. The van der Waals surface area contributed by atoms with Crippen molar-refractivity contribution in [1.82, 2.24) is 0 Å². The molecule has 6 nitrogen and oxygen atoms in total. The number of hydrogen-bond donors (Lipinski definition) is 3. The second-order valence-corrected chi connectivity index (χ2v) is 4.62. The third-order valence-corrected chi connectivity index (χ3v) is 2.92. The molecule has 0 spiro atoms. The van der Waals surface area contributed by atoms with E-state index < -0.39 is 0 Å². The zero-order valence-electron chi connectivity index (χ0n) is 11.9. The smallest absolute Gasteiger partial charge is 0.273 e. The average Bonchev–Trinajstić information content (AvgIpc) is 2.43. The first kappa shape index (κ1) is 16.2. The number of non-ortho nitro benzene ring substituents is 1. The Balaban J connectivity index is 2.53. The first-order valence-electron chi connectivity index (χ1n) is 7.05. The molecule has 0 bridgehead atoms. The van der Waals surface area contributed by atoms with Gasteiger partial charge < -0.3 is 15.7 Å². The Morgan fingerprint density at radius 1 is 1.10 bits per heavy atom. The molecular weight excluding hydrogens is 258 g/mol. The van der Waals surface area contributed by atoms with E-state index in [1.54, 1.807) is 6.07 Å². The molecule has 0 atom stereocenters. The normalized spacial score (nSPS) is 10.3. The van der Waals surface area contributed by atoms with Crippen LogP contribution < -0.4 is 10.6 Å². The predicted molar refractivity (Wildman–Crippen MR) is 81.3 cm³/mol. The van der Waals surface area contributed by atoms with Gasteiger partial charge in [-0.05, 0) is 25.8 Å². The maximum Gasteiger partial charge on any atom is 0.273 e. The Morgan fingerprint density at radius 2 is 1.75 bits per heavy atom. The molecular formula is C14H23N3O3. The third kappa shape index (κ3) is 5.88. The van der Waals surface area contributed by atoms with Crippen LogP contribution in [-0.2, 0) is 0 Å². The van der Waals surface area contributed by atoms with Crippen molar-refractivity contribution in [1.29, 1.82) is 0 Å². The standard InChI is InChI=1S/C14H23N3O3/c1-2-15-12-9-13(11-14(10-12)17(19)20)16-7-5-3-4-6-8-18/h9-11,15-16,18H,2-8H2,1H3. The highest BCUT2D eigenvalue weighted by atomic mass is 16.6. The number of aliphatic hydroxyl groups is 1. The number of unbranched alkanes of at least 4 members (excludes halogenated alkanes) is 3. The number of nitrogens with one attached hydrogen (secondary N) is 2. The minimum absolute atomic E-state index is 0.0891. The molecule has 0 radical (unpaired) electrons. The Kier molecular flexibility index (Phi) is 7.42. The summed E-state index contributed by atoms with van der Waals surface area (Å²) in [5.41, 5.74) is 1.60. The molecule has 0 amide bonds. The molecule has 112 valence electrons. The molecule has 0 saturated heterocycles. The molecule has 1 aromatic carbocycles. The minimum atomic E-state index is -0.382. The maximum absolute atomic E-state index is 10.9. The summed E-state index contributed by atoms with van der Waals surface area (Å²) >= 11 is 0. The molecule has 0 fully saturated rings. The maximum atomic E-state index is 10.9. The first-order chi connectivity index (χ1) is 9.67. The van der Waals surface area contributed by atoms with Gasteiger partial charge in [0, 0.05) is 43.2 Å². The zero-order valence-corrected chi connectivity index (χ0v) is 11.9. The van der Waals surface area contributed by atoms with Crippen molar-refractivity contribution < 1.29 is 10.0 Å². The summed E-state index contributed by atoms with van der Waals surface area (Å²) < 4.78 is 0. The van der Waals surface area contributed by atoms with Crippen LogP contribution in [0.2, 0.25) is 0 Å². The summed E-state index contributed by atoms with van der Waals surface area (Å²) in [6.45, 7) is 3.69. The van der Waals surface area contributed by atoms with Gasteiger partial charge in [-0.2, -0.15) is 0 Å². The van der Waals surface area contributed by atoms with Gasteiger partial charge in [0.05, 0.1) is 4.92 Å². The van der Waals surface area contributed by atoms with E-state index in [1.807, 2.05) is 13.0 Å². The Hall–Kier alpha value is -1.82. The van der Waals surface area contributed by atoms with Crippen molar-refractivity contribution in [3.63, 3.8) is 0 Å². The van der Waals surface area contributed by atoms with Gasteiger partial charge in [-0.25, -0.2) is 0 Å². The number of rotatable bonds is 10. The van der Waals surface area contributed by atoms with Crippen LogP contribution >= 0.6 is 0 Å². The largest absolute Gasteiger partial charge is 0.396 e. The van der Waals surface area contributed by atoms with E-state index in [1.165, 1.54) is 6.07 Å². The van der Waals surface area contributed by atoms with E-state index >= 15 is 0 Å². The van der Waals surface area contributed by atoms with E-state index in [4.69, 9.17) is 5.11 Å². The van der Waals surface area contributed by atoms with E-state index in [9.17, 15) is 10.1 Å². The SMILES string of the molecule is CCNc1cc(NCCCCCCO)cc([N+](=O)[O-])c1. The minimum Gasteiger partial charge on any atom is -0.396 e. The lowest BCUT2D eigenvalue weighted by Gasteiger charge is -2.09. The lowest BCUT2D eigenvalue weighted by Crippen LogP contribution is -2.04. The first-order valence-corrected chi connectivity index (χ1v) is 7.05. The molecule has 0 aliphatic heterocycles. The van der Waals surface area contributed by atoms with Gasteiger partial charge in [0.15, 0.2) is 0 Å². The van der Waals surface area contributed by atoms with Crippen LogP contribution in [0.25, 0.3) is 0 Å². The van der Waals surface area contributed by atoms with Crippen LogP contribution in [0.1, 0.15) is 32.6 Å². The molecule has 0 heterocycles. The van der Waals surface area contributed by atoms with Crippen molar-refractivity contribution in [2.45, 2.75) is 32.6 Å². The fourth-order valence-corrected chi connectivity index (χ4v) is 1.95. The molecule has 1 rings (SSSR count). The van der Waals surface area contributed by atoms with Crippen molar-refractivity contribution in [3.05, 3.63) is 28.3 Å². The van der Waals surface area contributed by atoms with Gasteiger partial charge in [-0.15, -0.1) is 0 Å². The molecule has 0 saturated carbocycles. The van der Waals surface area contributed by atoms with E-state index in [0.29, 0.717) is 0 Å². The predicted octanol–water partition coefficient (Wildman–Crippen LogP) is 2.99. The summed E-state index contributed by atoms with van der Waals surface area (Å²) in [6, 6.07) is 4.97. The van der Waals surface area contributed by atoms with Gasteiger partial charge in [0.25, 0.3) is 5.69 Å². The molecule has 0 aliphatic rings. The Bertz CT molecular complexity index is 424. The van der Waals surface area contributed by atoms with Crippen molar-refractivity contribution in [3.8, 4) is 0 Å². The summed E-state index contributed by atoms with van der Waals surface area (Å²) in [7, 11) is 0. The summed E-state index contributed by atoms with van der Waals surface area (Å²) in [4.78, 5) is 10.5. The van der Waals surface area contributed by atoms with Crippen molar-refractivity contribution in [2.24, 2.45) is 0 Å². The van der Waals surface area contributed by atoms with Gasteiger partial charge in [0.1, 0.15) is 0 Å². The lowest BCUT2D eigenvalue weighted by molar-refractivity contribution is -0.384. The van der Waals surface area contributed by atoms with Crippen molar-refractivity contribution >= 4 is 17.1 Å². The van der Waals surface area contributed by atoms with Crippen LogP contribution in [0, 0.1) is 10.1 Å². The van der Waals surface area contributed by atoms with Gasteiger partial charge in [0.2, 0.25) is 0 Å². The number of benzene rings is 1. The van der Waals surface area contributed by atoms with Crippen LogP contribution in [0.5, 0.6) is 0 Å². The van der Waals surface area contributed by atoms with Crippen molar-refractivity contribution in [2.75, 3.05) is 30.3 Å². The monoisotopic (exact) mass is 281 g/mol. The van der Waals surface area contributed by atoms with E-state index in [2.05, 4.69) is 10.6 Å². The van der Waals surface area contributed by atoms with Gasteiger partial charge in [-0.1, -0.05) is 12.8 Å². The number of hydrogen-bond acceptors (Lipinski definition) is 5. The molecule has 6 heteroatoms. The molecule has 0 aliphatic carbocycles. The van der Waals surface area contributed by atoms with Crippen LogP contribution in [0.3, 0.4) is 0 Å². The highest BCUT2D eigenvalue weighted by Crippen LogP contribution is 2.24. The zero-order chi connectivity index (χ0) is 14.8. The molecule has 3 N–H and O–H groups in total. The van der Waals surface area contributed by atoms with Gasteiger partial charge in [-0.3, -0.25) is 10.1 Å². The molecule has 1 aromatic rings. The fourth-order valence-electron chi connectivity index (χ4n) is 1.95. The Morgan fingerprint density at radius 3 is 2.35 bits per heavy atom. The number of anilines is 2. The third-order valence-electron chi connectivity index (χ3n) is 2.92. The summed E-state index contributed by atoms with van der Waals surface area (Å²) in [5.74, 6) is 0. The number of nitro groups is 1. The average molecular weight is 281 g/mol. The molecule has 0 aromatic heterocycles. The number of nitrogens with zero attached hydrogens (tertiary/aromatic N) is 1. The van der Waals surface area contributed by atoms with E-state index in [-0.39, 0.29) is 17.2 Å². The second kappa shape index (κ2) is 9.14. The fraction of sp³-hybridized carbons (Fsp3) is 0.571. The van der Waals surface area contributed by atoms with Crippen LogP contribution in [0.15, 0.2) is 18.2 Å². The van der Waals surface area contributed by atoms with Crippen LogP contribution in [0.4, 0.5) is 17.1 Å². The highest BCUT2D eigenvalue weighted by molar-refractivity contribution is 5.63. The lowest BCUT2D eigenvalue weighted by atomic mass is 10.2. The topological polar surface area (TPSA) is 87.4 Å². The highest BCUT2D eigenvalue weighted by Gasteiger charge is 2.09. The summed E-state index contributed by atoms with van der Waals surface area (Å²) in [6.07, 6.45) is 3.87.